The van der Waals surface area contributed by atoms with Gasteiger partial charge in [-0.2, -0.15) is 13.2 Å². The maximum Gasteiger partial charge on any atom is 0.411 e. The van der Waals surface area contributed by atoms with Crippen LogP contribution in [0.5, 0.6) is 0 Å². The number of rotatable bonds is 7. The second-order valence-corrected chi connectivity index (χ2v) is 9.64. The molecule has 0 aromatic heterocycles. The largest absolute Gasteiger partial charge is 0.411 e. The number of nitrogens with one attached hydrogen (secondary N) is 2. The molecular weight excluding hydrogens is 450 g/mol. The molecule has 2 bridgehead atoms. The minimum atomic E-state index is -4.40. The number of benzene rings is 1. The van der Waals surface area contributed by atoms with Gasteiger partial charge in [0.2, 0.25) is 5.91 Å². The first kappa shape index (κ1) is 23.3. The van der Waals surface area contributed by atoms with Crippen molar-refractivity contribution >= 4 is 23.4 Å². The lowest BCUT2D eigenvalue weighted by Gasteiger charge is -2.39. The van der Waals surface area contributed by atoms with Gasteiger partial charge in [-0.25, -0.2) is 4.39 Å². The van der Waals surface area contributed by atoms with Crippen LogP contribution in [0.4, 0.5) is 17.6 Å². The number of amides is 2. The third-order valence-corrected chi connectivity index (χ3v) is 7.14. The summed E-state index contributed by atoms with van der Waals surface area (Å²) in [5.74, 6) is -1.25. The predicted octanol–water partition coefficient (Wildman–Crippen LogP) is 4.05. The molecular formula is C22H26ClF4N3O2. The summed E-state index contributed by atoms with van der Waals surface area (Å²) in [6.07, 6.45) is -0.818. The zero-order chi connectivity index (χ0) is 23.1. The smallest absolute Gasteiger partial charge is 0.352 e. The van der Waals surface area contributed by atoms with E-state index < -0.39 is 23.4 Å². The van der Waals surface area contributed by atoms with E-state index in [0.717, 1.165) is 37.8 Å². The fraction of sp³-hybridized carbons (Fsp3) is 0.636. The first-order valence-electron chi connectivity index (χ1n) is 10.9. The second-order valence-electron chi connectivity index (χ2n) is 9.21. The molecule has 1 saturated carbocycles. The van der Waals surface area contributed by atoms with Crippen LogP contribution in [0, 0.1) is 11.7 Å². The maximum atomic E-state index is 13.5. The molecule has 2 unspecified atom stereocenters. The zero-order valence-corrected chi connectivity index (χ0v) is 18.2. The molecule has 32 heavy (non-hydrogen) atoms. The van der Waals surface area contributed by atoms with Crippen LogP contribution in [-0.2, 0) is 4.79 Å². The lowest BCUT2D eigenvalue weighted by atomic mass is 9.90. The monoisotopic (exact) mass is 475 g/mol. The second kappa shape index (κ2) is 8.82. The van der Waals surface area contributed by atoms with Gasteiger partial charge in [-0.1, -0.05) is 11.6 Å². The molecule has 3 fully saturated rings. The highest BCUT2D eigenvalue weighted by Gasteiger charge is 2.64. The summed E-state index contributed by atoms with van der Waals surface area (Å²) in [6, 6.07) is 4.21. The fourth-order valence-electron chi connectivity index (χ4n) is 5.11. The minimum absolute atomic E-state index is 0.0482. The van der Waals surface area contributed by atoms with Gasteiger partial charge in [-0.05, 0) is 62.6 Å². The molecule has 0 radical (unpaired) electrons. The Labute approximate surface area is 188 Å². The molecule has 3 aliphatic rings. The number of alkyl halides is 3. The van der Waals surface area contributed by atoms with Gasteiger partial charge < -0.3 is 10.6 Å². The lowest BCUT2D eigenvalue weighted by molar-refractivity contribution is -0.170. The van der Waals surface area contributed by atoms with Crippen molar-refractivity contribution < 1.29 is 27.2 Å². The Morgan fingerprint density at radius 1 is 1.12 bits per heavy atom. The molecule has 1 aromatic carbocycles. The third kappa shape index (κ3) is 5.03. The van der Waals surface area contributed by atoms with Crippen molar-refractivity contribution in [2.45, 2.75) is 68.7 Å². The molecule has 2 N–H and O–H groups in total. The van der Waals surface area contributed by atoms with E-state index in [2.05, 4.69) is 15.5 Å². The normalized spacial score (nSPS) is 26.6. The number of carbonyl (C=O) groups is 2. The first-order chi connectivity index (χ1) is 15.1. The number of fused-ring (bicyclic) bond motifs is 2. The van der Waals surface area contributed by atoms with E-state index in [1.54, 1.807) is 0 Å². The highest BCUT2D eigenvalue weighted by Crippen LogP contribution is 2.49. The summed E-state index contributed by atoms with van der Waals surface area (Å²) in [7, 11) is 0. The van der Waals surface area contributed by atoms with Crippen LogP contribution < -0.4 is 10.6 Å². The first-order valence-corrected chi connectivity index (χ1v) is 11.3. The van der Waals surface area contributed by atoms with Crippen molar-refractivity contribution in [3.63, 3.8) is 0 Å². The molecule has 3 atom stereocenters. The van der Waals surface area contributed by atoms with Gasteiger partial charge in [-0.3, -0.25) is 14.5 Å². The standard InChI is InChI=1S/C22H26ClF4N3O2/c23-15-9-14(10-16(24)11-15)20(32)28-12-13-7-17-1-2-18(8-13)30(17)6-3-19(31)29-21(4-5-21)22(25,26)27/h9-11,13,17-18H,1-8,12H2,(H,28,32)(H,29,31)/t13?,17-,18?/m1/s1. The molecule has 2 amide bonds. The molecule has 176 valence electrons. The third-order valence-electron chi connectivity index (χ3n) is 6.93. The predicted molar refractivity (Wildman–Crippen MR) is 111 cm³/mol. The van der Waals surface area contributed by atoms with E-state index in [0.29, 0.717) is 13.1 Å². The van der Waals surface area contributed by atoms with Gasteiger partial charge >= 0.3 is 6.18 Å². The number of hydrogen-bond acceptors (Lipinski definition) is 3. The van der Waals surface area contributed by atoms with Crippen LogP contribution in [0.15, 0.2) is 18.2 Å². The lowest BCUT2D eigenvalue weighted by Crippen LogP contribution is -2.50. The van der Waals surface area contributed by atoms with Crippen LogP contribution >= 0.6 is 11.6 Å². The Kier molecular flexibility index (Phi) is 6.42. The summed E-state index contributed by atoms with van der Waals surface area (Å²) in [6.45, 7) is 0.901. The van der Waals surface area contributed by atoms with Gasteiger partial charge in [0.25, 0.3) is 5.91 Å². The summed E-state index contributed by atoms with van der Waals surface area (Å²) < 4.78 is 52.5. The molecule has 2 heterocycles. The average molecular weight is 476 g/mol. The number of carbonyl (C=O) groups excluding carboxylic acids is 2. The van der Waals surface area contributed by atoms with E-state index in [1.165, 1.54) is 6.07 Å². The Bertz CT molecular complexity index is 856. The summed E-state index contributed by atoms with van der Waals surface area (Å²) in [5, 5.41) is 5.20. The summed E-state index contributed by atoms with van der Waals surface area (Å²) in [5.41, 5.74) is -1.84. The Morgan fingerprint density at radius 3 is 2.34 bits per heavy atom. The van der Waals surface area contributed by atoms with E-state index in [-0.39, 0.29) is 53.8 Å². The quantitative estimate of drug-likeness (QED) is 0.585. The van der Waals surface area contributed by atoms with Gasteiger partial charge in [-0.15, -0.1) is 0 Å². The fourth-order valence-corrected chi connectivity index (χ4v) is 5.33. The minimum Gasteiger partial charge on any atom is -0.352 e. The van der Waals surface area contributed by atoms with E-state index in [4.69, 9.17) is 11.6 Å². The van der Waals surface area contributed by atoms with Gasteiger partial charge in [0.15, 0.2) is 0 Å². The van der Waals surface area contributed by atoms with E-state index in [1.807, 2.05) is 0 Å². The van der Waals surface area contributed by atoms with Crippen LogP contribution in [0.1, 0.15) is 55.3 Å². The average Bonchev–Trinajstić information content (AvgIpc) is 3.44. The molecule has 0 spiro atoms. The maximum absolute atomic E-state index is 13.5. The van der Waals surface area contributed by atoms with E-state index >= 15 is 0 Å². The van der Waals surface area contributed by atoms with Crippen molar-refractivity contribution in [3.8, 4) is 0 Å². The highest BCUT2D eigenvalue weighted by molar-refractivity contribution is 6.31. The molecule has 4 rings (SSSR count). The van der Waals surface area contributed by atoms with Crippen molar-refractivity contribution in [1.82, 2.24) is 15.5 Å². The molecule has 1 aromatic rings. The van der Waals surface area contributed by atoms with Gasteiger partial charge in [0, 0.05) is 42.2 Å². The Morgan fingerprint density at radius 2 is 1.78 bits per heavy atom. The highest BCUT2D eigenvalue weighted by atomic mass is 35.5. The van der Waals surface area contributed by atoms with Crippen LogP contribution in [-0.4, -0.2) is 53.6 Å². The molecule has 10 heteroatoms. The Hall–Kier alpha value is -1.87. The van der Waals surface area contributed by atoms with Gasteiger partial charge in [0.1, 0.15) is 11.4 Å². The molecule has 1 aliphatic carbocycles. The Balaban J connectivity index is 1.24. The summed E-state index contributed by atoms with van der Waals surface area (Å²) >= 11 is 5.81. The van der Waals surface area contributed by atoms with Crippen LogP contribution in [0.25, 0.3) is 0 Å². The van der Waals surface area contributed by atoms with Crippen molar-refractivity contribution in [2.24, 2.45) is 5.92 Å². The number of halogens is 5. The molecule has 5 nitrogen and oxygen atoms in total. The number of nitrogens with zero attached hydrogens (tertiary/aromatic N) is 1. The number of piperidine rings is 1. The topological polar surface area (TPSA) is 61.4 Å². The van der Waals surface area contributed by atoms with Crippen molar-refractivity contribution in [3.05, 3.63) is 34.6 Å². The molecule has 2 saturated heterocycles. The van der Waals surface area contributed by atoms with E-state index in [9.17, 15) is 27.2 Å². The van der Waals surface area contributed by atoms with Crippen LogP contribution in [0.3, 0.4) is 0 Å². The SMILES string of the molecule is O=C(CCN1C2CC[C@@H]1CC(CNC(=O)c1cc(F)cc(Cl)c1)C2)NC1(C(F)(F)F)CC1. The number of hydrogen-bond donors (Lipinski definition) is 2. The van der Waals surface area contributed by atoms with Crippen LogP contribution in [0.2, 0.25) is 5.02 Å². The molecule has 2 aliphatic heterocycles. The zero-order valence-electron chi connectivity index (χ0n) is 17.5. The van der Waals surface area contributed by atoms with Crippen molar-refractivity contribution in [2.75, 3.05) is 13.1 Å². The van der Waals surface area contributed by atoms with Crippen molar-refractivity contribution in [1.29, 1.82) is 0 Å². The summed E-state index contributed by atoms with van der Waals surface area (Å²) in [4.78, 5) is 26.7. The van der Waals surface area contributed by atoms with Gasteiger partial charge in [0.05, 0.1) is 0 Å².